The maximum absolute atomic E-state index is 13.7. The molecule has 0 radical (unpaired) electrons. The number of nitrogens with zero attached hydrogens (tertiary/aromatic N) is 2. The Balaban J connectivity index is 1.87. The molecule has 0 fully saturated rings. The fourth-order valence-electron chi connectivity index (χ4n) is 4.12. The molecule has 0 bridgehead atoms. The van der Waals surface area contributed by atoms with Gasteiger partial charge in [0.15, 0.2) is 4.80 Å². The van der Waals surface area contributed by atoms with E-state index in [4.69, 9.17) is 14.2 Å². The maximum Gasteiger partial charge on any atom is 0.338 e. The zero-order chi connectivity index (χ0) is 25.8. The van der Waals surface area contributed by atoms with Crippen molar-refractivity contribution in [3.05, 3.63) is 90.6 Å². The number of carbonyl (C=O) groups excluding carboxylic acids is 1. The van der Waals surface area contributed by atoms with Gasteiger partial charge in [0.25, 0.3) is 5.56 Å². The van der Waals surface area contributed by atoms with Crippen LogP contribution in [0, 0.1) is 0 Å². The lowest BCUT2D eigenvalue weighted by atomic mass is 9.96. The Bertz CT molecular complexity index is 1460. The van der Waals surface area contributed by atoms with Crippen LogP contribution in [-0.4, -0.2) is 29.9 Å². The van der Waals surface area contributed by atoms with Crippen LogP contribution >= 0.6 is 11.3 Å². The maximum atomic E-state index is 13.7. The molecule has 7 nitrogen and oxygen atoms in total. The van der Waals surface area contributed by atoms with E-state index in [1.165, 1.54) is 11.3 Å². The molecule has 0 saturated carbocycles. The third-order valence-electron chi connectivity index (χ3n) is 5.55. The van der Waals surface area contributed by atoms with Crippen LogP contribution in [0.3, 0.4) is 0 Å². The normalized spacial score (nSPS) is 15.5. The molecule has 0 aliphatic carbocycles. The molecule has 3 aromatic rings. The molecule has 0 N–H and O–H groups in total. The molecule has 0 amide bonds. The Labute approximate surface area is 214 Å². The summed E-state index contributed by atoms with van der Waals surface area (Å²) in [6.45, 7) is 10.2. The summed E-state index contributed by atoms with van der Waals surface area (Å²) in [5, 5.41) is 0. The number of allylic oxidation sites excluding steroid dienone is 1. The number of hydrogen-bond donors (Lipinski definition) is 0. The van der Waals surface area contributed by atoms with Crippen molar-refractivity contribution in [2.75, 3.05) is 13.2 Å². The minimum atomic E-state index is -0.659. The molecule has 1 aliphatic rings. The summed E-state index contributed by atoms with van der Waals surface area (Å²) in [5.41, 5.74) is 2.29. The highest BCUT2D eigenvalue weighted by Crippen LogP contribution is 2.31. The molecule has 36 heavy (non-hydrogen) atoms. The van der Waals surface area contributed by atoms with Gasteiger partial charge >= 0.3 is 5.97 Å². The molecular formula is C28H30N2O5S. The smallest absolute Gasteiger partial charge is 0.338 e. The van der Waals surface area contributed by atoms with Gasteiger partial charge < -0.3 is 14.2 Å². The van der Waals surface area contributed by atoms with Crippen LogP contribution in [0.4, 0.5) is 0 Å². The minimum absolute atomic E-state index is 0.0453. The van der Waals surface area contributed by atoms with Crippen molar-refractivity contribution in [1.82, 2.24) is 4.57 Å². The van der Waals surface area contributed by atoms with Gasteiger partial charge in [-0.15, -0.1) is 0 Å². The Morgan fingerprint density at radius 3 is 2.53 bits per heavy atom. The molecule has 4 rings (SSSR count). The summed E-state index contributed by atoms with van der Waals surface area (Å²) < 4.78 is 18.8. The predicted octanol–water partition coefficient (Wildman–Crippen LogP) is 3.98. The first-order valence-electron chi connectivity index (χ1n) is 12.0. The molecule has 1 aromatic heterocycles. The van der Waals surface area contributed by atoms with E-state index in [1.807, 2.05) is 75.4 Å². The average Bonchev–Trinajstić information content (AvgIpc) is 3.13. The number of aromatic nitrogens is 1. The summed E-state index contributed by atoms with van der Waals surface area (Å²) in [6, 6.07) is 14.4. The van der Waals surface area contributed by atoms with E-state index in [0.29, 0.717) is 27.2 Å². The van der Waals surface area contributed by atoms with Crippen molar-refractivity contribution in [1.29, 1.82) is 0 Å². The van der Waals surface area contributed by atoms with Crippen molar-refractivity contribution < 1.29 is 19.0 Å². The third kappa shape index (κ3) is 5.28. The molecule has 8 heteroatoms. The van der Waals surface area contributed by atoms with E-state index in [9.17, 15) is 9.59 Å². The zero-order valence-electron chi connectivity index (χ0n) is 21.1. The van der Waals surface area contributed by atoms with Crippen LogP contribution in [-0.2, 0) is 9.53 Å². The van der Waals surface area contributed by atoms with Gasteiger partial charge in [-0.25, -0.2) is 9.79 Å². The number of fused-ring (bicyclic) bond motifs is 1. The number of benzene rings is 2. The molecule has 0 unspecified atom stereocenters. The highest BCUT2D eigenvalue weighted by atomic mass is 32.1. The molecule has 0 saturated heterocycles. The molecule has 188 valence electrons. The lowest BCUT2D eigenvalue weighted by molar-refractivity contribution is -0.139. The van der Waals surface area contributed by atoms with E-state index >= 15 is 0 Å². The number of ether oxygens (including phenoxy) is 3. The highest BCUT2D eigenvalue weighted by molar-refractivity contribution is 7.07. The lowest BCUT2D eigenvalue weighted by Gasteiger charge is -2.24. The summed E-state index contributed by atoms with van der Waals surface area (Å²) in [7, 11) is 0. The summed E-state index contributed by atoms with van der Waals surface area (Å²) in [4.78, 5) is 31.9. The number of carbonyl (C=O) groups is 1. The van der Waals surface area contributed by atoms with Crippen LogP contribution in [0.1, 0.15) is 51.8 Å². The quantitative estimate of drug-likeness (QED) is 0.432. The van der Waals surface area contributed by atoms with Crippen molar-refractivity contribution in [2.45, 2.75) is 46.8 Å². The molecule has 2 aromatic carbocycles. The summed E-state index contributed by atoms with van der Waals surface area (Å²) in [5.74, 6) is 0.972. The van der Waals surface area contributed by atoms with E-state index < -0.39 is 12.0 Å². The van der Waals surface area contributed by atoms with E-state index in [0.717, 1.165) is 22.6 Å². The van der Waals surface area contributed by atoms with E-state index in [-0.39, 0.29) is 18.3 Å². The summed E-state index contributed by atoms with van der Waals surface area (Å²) in [6.07, 6.45) is 1.87. The average molecular weight is 507 g/mol. The second-order valence-electron chi connectivity index (χ2n) is 8.54. The Morgan fingerprint density at radius 1 is 1.11 bits per heavy atom. The predicted molar refractivity (Wildman–Crippen MR) is 140 cm³/mol. The number of hydrogen-bond acceptors (Lipinski definition) is 7. The topological polar surface area (TPSA) is 79.1 Å². The first-order valence-corrected chi connectivity index (χ1v) is 12.8. The van der Waals surface area contributed by atoms with Crippen molar-refractivity contribution in [2.24, 2.45) is 4.99 Å². The summed E-state index contributed by atoms with van der Waals surface area (Å²) >= 11 is 1.29. The monoisotopic (exact) mass is 506 g/mol. The standard InChI is InChI=1S/C28H30N2O5S/c1-6-33-21-13-11-20(12-14-21)25-24(27(32)34-7-2)18(5)29-28-30(25)26(31)23(36-28)16-19-9-8-10-22(15-19)35-17(3)4/h8-17,25H,6-7H2,1-5H3/b23-16-/t25-/m0/s1. The van der Waals surface area contributed by atoms with Crippen molar-refractivity contribution >= 4 is 23.4 Å². The number of rotatable bonds is 8. The van der Waals surface area contributed by atoms with Gasteiger partial charge in [-0.05, 0) is 76.1 Å². The lowest BCUT2D eigenvalue weighted by Crippen LogP contribution is -2.39. The molecule has 0 spiro atoms. The van der Waals surface area contributed by atoms with Gasteiger partial charge in [-0.2, -0.15) is 0 Å². The zero-order valence-corrected chi connectivity index (χ0v) is 21.9. The fraction of sp³-hybridized carbons (Fsp3) is 0.321. The van der Waals surface area contributed by atoms with Crippen molar-refractivity contribution in [3.8, 4) is 11.5 Å². The molecule has 1 atom stereocenters. The van der Waals surface area contributed by atoms with Gasteiger partial charge in [-0.1, -0.05) is 35.6 Å². The largest absolute Gasteiger partial charge is 0.494 e. The van der Waals surface area contributed by atoms with Gasteiger partial charge in [0, 0.05) is 0 Å². The van der Waals surface area contributed by atoms with Gasteiger partial charge in [0.1, 0.15) is 11.5 Å². The number of thiazole rings is 1. The second-order valence-corrected chi connectivity index (χ2v) is 9.55. The van der Waals surface area contributed by atoms with Gasteiger partial charge in [0.05, 0.1) is 41.2 Å². The van der Waals surface area contributed by atoms with Crippen LogP contribution in [0.5, 0.6) is 11.5 Å². The first-order chi connectivity index (χ1) is 17.3. The molecular weight excluding hydrogens is 476 g/mol. The van der Waals surface area contributed by atoms with Gasteiger partial charge in [-0.3, -0.25) is 9.36 Å². The molecule has 1 aliphatic heterocycles. The Hall–Kier alpha value is -3.65. The van der Waals surface area contributed by atoms with E-state index in [1.54, 1.807) is 18.4 Å². The Kier molecular flexibility index (Phi) is 7.74. The highest BCUT2D eigenvalue weighted by Gasteiger charge is 2.33. The SMILES string of the molecule is CCOC(=O)C1=C(C)N=c2s/c(=C\c3cccc(OC(C)C)c3)c(=O)n2[C@H]1c1ccc(OCC)cc1. The molecule has 2 heterocycles. The van der Waals surface area contributed by atoms with Crippen LogP contribution in [0.15, 0.2) is 69.6 Å². The third-order valence-corrected chi connectivity index (χ3v) is 6.53. The number of esters is 1. The minimum Gasteiger partial charge on any atom is -0.494 e. The van der Waals surface area contributed by atoms with Crippen LogP contribution < -0.4 is 24.4 Å². The first kappa shape index (κ1) is 25.4. The van der Waals surface area contributed by atoms with Gasteiger partial charge in [0.2, 0.25) is 0 Å². The van der Waals surface area contributed by atoms with Crippen LogP contribution in [0.2, 0.25) is 0 Å². The fourth-order valence-corrected chi connectivity index (χ4v) is 5.17. The van der Waals surface area contributed by atoms with Crippen LogP contribution in [0.25, 0.3) is 6.08 Å². The Morgan fingerprint density at radius 2 is 1.86 bits per heavy atom. The van der Waals surface area contributed by atoms with E-state index in [2.05, 4.69) is 4.99 Å². The van der Waals surface area contributed by atoms with Crippen molar-refractivity contribution in [3.63, 3.8) is 0 Å². The second kappa shape index (κ2) is 11.0.